The van der Waals surface area contributed by atoms with Crippen molar-refractivity contribution >= 4 is 17.4 Å². The van der Waals surface area contributed by atoms with Crippen LogP contribution in [0.15, 0.2) is 27.8 Å². The van der Waals surface area contributed by atoms with Crippen LogP contribution in [-0.4, -0.2) is 36.2 Å². The number of amides is 1. The Morgan fingerprint density at radius 1 is 1.10 bits per heavy atom. The van der Waals surface area contributed by atoms with E-state index < -0.39 is 11.2 Å². The maximum atomic E-state index is 13.3. The molecule has 0 unspecified atom stereocenters. The van der Waals surface area contributed by atoms with Gasteiger partial charge in [-0.2, -0.15) is 0 Å². The molecule has 1 aromatic heterocycles. The zero-order chi connectivity index (χ0) is 23.3. The lowest BCUT2D eigenvalue weighted by molar-refractivity contribution is -0.118. The van der Waals surface area contributed by atoms with Crippen LogP contribution >= 0.6 is 0 Å². The summed E-state index contributed by atoms with van der Waals surface area (Å²) in [6.45, 7) is 8.35. The fourth-order valence-corrected chi connectivity index (χ4v) is 3.33. The Bertz CT molecular complexity index is 1040. The van der Waals surface area contributed by atoms with E-state index in [1.807, 2.05) is 27.7 Å². The van der Waals surface area contributed by atoms with Gasteiger partial charge in [0.2, 0.25) is 5.91 Å². The highest BCUT2D eigenvalue weighted by molar-refractivity contribution is 5.96. The molecule has 1 aromatic carbocycles. The summed E-state index contributed by atoms with van der Waals surface area (Å²) in [5.41, 5.74) is 5.67. The zero-order valence-electron chi connectivity index (χ0n) is 19.0. The summed E-state index contributed by atoms with van der Waals surface area (Å²) in [5, 5.41) is 0. The molecule has 0 aliphatic carbocycles. The summed E-state index contributed by atoms with van der Waals surface area (Å²) < 4.78 is 11.9. The van der Waals surface area contributed by atoms with E-state index in [1.165, 1.54) is 23.7 Å². The number of anilines is 2. The molecule has 0 spiro atoms. The molecule has 9 nitrogen and oxygen atoms in total. The second-order valence-corrected chi connectivity index (χ2v) is 8.26. The summed E-state index contributed by atoms with van der Waals surface area (Å²) in [5.74, 6) is 0.931. The smallest absolute Gasteiger partial charge is 0.330 e. The number of carbonyl (C=O) groups is 1. The molecule has 0 saturated heterocycles. The number of nitrogen functional groups attached to an aromatic ring is 1. The van der Waals surface area contributed by atoms with Gasteiger partial charge in [0.05, 0.1) is 20.6 Å². The maximum Gasteiger partial charge on any atom is 0.330 e. The Kier molecular flexibility index (Phi) is 7.90. The fraction of sp³-hybridized carbons (Fsp3) is 0.500. The molecule has 0 bridgehead atoms. The van der Waals surface area contributed by atoms with Gasteiger partial charge in [-0.1, -0.05) is 33.8 Å². The van der Waals surface area contributed by atoms with Gasteiger partial charge in [0, 0.05) is 13.1 Å². The molecular weight excluding hydrogens is 400 g/mol. The second-order valence-electron chi connectivity index (χ2n) is 8.26. The molecule has 1 heterocycles. The third-order valence-corrected chi connectivity index (χ3v) is 4.68. The Hall–Kier alpha value is -3.23. The number of rotatable bonds is 9. The zero-order valence-corrected chi connectivity index (χ0v) is 19.0. The number of nitrogens with zero attached hydrogens (tertiary/aromatic N) is 2. The first-order valence-electron chi connectivity index (χ1n) is 10.2. The minimum absolute atomic E-state index is 0.000531. The summed E-state index contributed by atoms with van der Waals surface area (Å²) in [7, 11) is 3.06. The molecule has 31 heavy (non-hydrogen) atoms. The molecule has 1 amide bonds. The van der Waals surface area contributed by atoms with E-state index in [-0.39, 0.29) is 42.2 Å². The summed E-state index contributed by atoms with van der Waals surface area (Å²) in [6, 6.07) is 5.20. The van der Waals surface area contributed by atoms with Crippen LogP contribution < -0.4 is 31.4 Å². The van der Waals surface area contributed by atoms with Crippen molar-refractivity contribution in [2.24, 2.45) is 11.8 Å². The summed E-state index contributed by atoms with van der Waals surface area (Å²) in [4.78, 5) is 41.9. The fourth-order valence-electron chi connectivity index (χ4n) is 3.33. The largest absolute Gasteiger partial charge is 0.493 e. The highest BCUT2D eigenvalue weighted by Gasteiger charge is 2.25. The predicted octanol–water partition coefficient (Wildman–Crippen LogP) is 2.02. The molecule has 0 aliphatic heterocycles. The van der Waals surface area contributed by atoms with Crippen LogP contribution in [0.25, 0.3) is 0 Å². The number of hydrogen-bond donors (Lipinski definition) is 2. The van der Waals surface area contributed by atoms with Crippen LogP contribution in [-0.2, 0) is 17.8 Å². The molecule has 0 radical (unpaired) electrons. The van der Waals surface area contributed by atoms with Crippen molar-refractivity contribution in [1.29, 1.82) is 0 Å². The second kappa shape index (κ2) is 10.2. The number of nitrogens with one attached hydrogen (secondary N) is 1. The number of ether oxygens (including phenoxy) is 2. The molecule has 9 heteroatoms. The van der Waals surface area contributed by atoms with Crippen molar-refractivity contribution in [3.63, 3.8) is 0 Å². The number of hydrogen-bond acceptors (Lipinski definition) is 6. The molecular formula is C22H32N4O5. The molecule has 0 atom stereocenters. The lowest BCUT2D eigenvalue weighted by Gasteiger charge is -2.26. The van der Waals surface area contributed by atoms with Gasteiger partial charge in [0.15, 0.2) is 17.2 Å². The minimum Gasteiger partial charge on any atom is -0.493 e. The number of aromatic amines is 1. The number of benzene rings is 1. The van der Waals surface area contributed by atoms with Crippen molar-refractivity contribution in [3.05, 3.63) is 44.6 Å². The third kappa shape index (κ3) is 5.68. The highest BCUT2D eigenvalue weighted by atomic mass is 16.5. The number of aromatic nitrogens is 2. The van der Waals surface area contributed by atoms with Crippen LogP contribution in [0.4, 0.5) is 11.5 Å². The van der Waals surface area contributed by atoms with Gasteiger partial charge >= 0.3 is 5.69 Å². The van der Waals surface area contributed by atoms with Gasteiger partial charge in [-0.05, 0) is 29.5 Å². The Balaban J connectivity index is 2.50. The molecule has 2 rings (SSSR count). The molecule has 0 aliphatic rings. The van der Waals surface area contributed by atoms with Crippen molar-refractivity contribution in [2.75, 3.05) is 31.4 Å². The van der Waals surface area contributed by atoms with Crippen molar-refractivity contribution in [1.82, 2.24) is 9.55 Å². The molecule has 2 aromatic rings. The lowest BCUT2D eigenvalue weighted by Crippen LogP contribution is -2.43. The van der Waals surface area contributed by atoms with Gasteiger partial charge in [-0.3, -0.25) is 19.1 Å². The number of H-pyrrole nitrogens is 1. The first-order chi connectivity index (χ1) is 14.6. The van der Waals surface area contributed by atoms with Gasteiger partial charge < -0.3 is 20.1 Å². The van der Waals surface area contributed by atoms with Crippen molar-refractivity contribution < 1.29 is 14.3 Å². The van der Waals surface area contributed by atoms with Crippen LogP contribution in [0.5, 0.6) is 11.5 Å². The number of carbonyl (C=O) groups excluding carboxylic acids is 1. The Morgan fingerprint density at radius 2 is 1.74 bits per heavy atom. The normalized spacial score (nSPS) is 11.1. The highest BCUT2D eigenvalue weighted by Crippen LogP contribution is 2.28. The van der Waals surface area contributed by atoms with Gasteiger partial charge in [0.25, 0.3) is 5.56 Å². The monoisotopic (exact) mass is 432 g/mol. The summed E-state index contributed by atoms with van der Waals surface area (Å²) >= 11 is 0. The van der Waals surface area contributed by atoms with E-state index in [1.54, 1.807) is 18.2 Å². The summed E-state index contributed by atoms with van der Waals surface area (Å²) in [6.07, 6.45) is 0.0231. The van der Waals surface area contributed by atoms with Gasteiger partial charge in [-0.25, -0.2) is 4.79 Å². The van der Waals surface area contributed by atoms with E-state index in [2.05, 4.69) is 4.98 Å². The van der Waals surface area contributed by atoms with Crippen LogP contribution in [0.2, 0.25) is 0 Å². The van der Waals surface area contributed by atoms with Crippen molar-refractivity contribution in [2.45, 2.75) is 40.7 Å². The third-order valence-electron chi connectivity index (χ3n) is 4.68. The van der Waals surface area contributed by atoms with Crippen molar-refractivity contribution in [3.8, 4) is 11.5 Å². The Morgan fingerprint density at radius 3 is 2.29 bits per heavy atom. The average Bonchev–Trinajstić information content (AvgIpc) is 2.69. The van der Waals surface area contributed by atoms with Gasteiger partial charge in [-0.15, -0.1) is 0 Å². The maximum absolute atomic E-state index is 13.3. The minimum atomic E-state index is -0.677. The van der Waals surface area contributed by atoms with E-state index in [0.717, 1.165) is 0 Å². The van der Waals surface area contributed by atoms with Gasteiger partial charge in [0.1, 0.15) is 5.82 Å². The molecule has 0 saturated carbocycles. The lowest BCUT2D eigenvalue weighted by atomic mass is 10.1. The standard InChI is InChI=1S/C22H32N4O5/c1-13(2)11-25(18(27)10-15-7-8-16(30-5)17(9-15)31-6)19-20(23)26(12-14(3)4)22(29)24-21(19)28/h7-9,13-14H,10-12,23H2,1-6H3,(H,24,28,29). The predicted molar refractivity (Wildman–Crippen MR) is 121 cm³/mol. The van der Waals surface area contributed by atoms with Crippen LogP contribution in [0.3, 0.4) is 0 Å². The molecule has 3 N–H and O–H groups in total. The quantitative estimate of drug-likeness (QED) is 0.626. The first kappa shape index (κ1) is 24.0. The number of methoxy groups -OCH3 is 2. The first-order valence-corrected chi connectivity index (χ1v) is 10.2. The molecule has 0 fully saturated rings. The Labute approximate surface area is 181 Å². The van der Waals surface area contributed by atoms with E-state index >= 15 is 0 Å². The van der Waals surface area contributed by atoms with E-state index in [9.17, 15) is 14.4 Å². The average molecular weight is 433 g/mol. The van der Waals surface area contributed by atoms with E-state index in [4.69, 9.17) is 15.2 Å². The van der Waals surface area contributed by atoms with Crippen LogP contribution in [0.1, 0.15) is 33.3 Å². The SMILES string of the molecule is COc1ccc(CC(=O)N(CC(C)C)c2c(N)n(CC(C)C)c(=O)[nH]c2=O)cc1OC. The van der Waals surface area contributed by atoms with E-state index in [0.29, 0.717) is 23.6 Å². The number of nitrogens with two attached hydrogens (primary N) is 1. The topological polar surface area (TPSA) is 120 Å². The van der Waals surface area contributed by atoms with Crippen LogP contribution in [0, 0.1) is 11.8 Å². The molecule has 170 valence electrons.